The van der Waals surface area contributed by atoms with Crippen molar-refractivity contribution in [1.82, 2.24) is 29.6 Å². The molecule has 0 saturated carbocycles. The van der Waals surface area contributed by atoms with Gasteiger partial charge in [-0.3, -0.25) is 14.7 Å². The molecule has 218 valence electrons. The maximum Gasteiger partial charge on any atom is 0.354 e. The summed E-state index contributed by atoms with van der Waals surface area (Å²) in [6.07, 6.45) is 5.18. The second-order valence-electron chi connectivity index (χ2n) is 11.8. The predicted octanol–water partition coefficient (Wildman–Crippen LogP) is 1.30. The van der Waals surface area contributed by atoms with Crippen LogP contribution < -0.4 is 22.1 Å². The first-order valence-corrected chi connectivity index (χ1v) is 13.9. The number of benzene rings is 1. The van der Waals surface area contributed by atoms with Crippen molar-refractivity contribution < 1.29 is 9.59 Å². The first-order valence-electron chi connectivity index (χ1n) is 13.9. The number of likely N-dealkylation sites (tertiary alicyclic amines) is 1. The van der Waals surface area contributed by atoms with Crippen LogP contribution in [0.25, 0.3) is 5.69 Å². The van der Waals surface area contributed by atoms with Crippen LogP contribution in [0.4, 0.5) is 10.6 Å². The van der Waals surface area contributed by atoms with E-state index < -0.39 is 11.2 Å². The molecule has 1 atom stereocenters. The Bertz CT molecular complexity index is 1250. The van der Waals surface area contributed by atoms with Gasteiger partial charge in [-0.15, -0.1) is 12.4 Å². The first-order chi connectivity index (χ1) is 18.6. The molecule has 1 aromatic heterocycles. The molecule has 0 aliphatic carbocycles. The van der Waals surface area contributed by atoms with Gasteiger partial charge in [-0.2, -0.15) is 4.98 Å². The number of urea groups is 1. The third kappa shape index (κ3) is 6.83. The van der Waals surface area contributed by atoms with Gasteiger partial charge in [0.25, 0.3) is 0 Å². The van der Waals surface area contributed by atoms with Gasteiger partial charge in [-0.25, -0.2) is 9.59 Å². The number of carbonyl (C=O) groups is 2. The van der Waals surface area contributed by atoms with E-state index in [1.807, 2.05) is 12.1 Å². The Balaban J connectivity index is 0.00000370. The molecule has 2 aromatic rings. The smallest absolute Gasteiger partial charge is 0.338 e. The quantitative estimate of drug-likeness (QED) is 0.476. The number of carbonyl (C=O) groups excluding carboxylic acids is 2. The van der Waals surface area contributed by atoms with E-state index in [1.165, 1.54) is 36.1 Å². The Morgan fingerprint density at radius 2 is 1.75 bits per heavy atom. The highest BCUT2D eigenvalue weighted by molar-refractivity contribution is 5.89. The lowest BCUT2D eigenvalue weighted by Gasteiger charge is -2.37. The molecule has 5 rings (SSSR count). The number of aromatic nitrogens is 2. The number of amides is 3. The molecular weight excluding hydrogens is 532 g/mol. The number of hydrogen-bond donors (Lipinski definition) is 3. The molecule has 4 N–H and O–H groups in total. The lowest BCUT2D eigenvalue weighted by atomic mass is 9.87. The van der Waals surface area contributed by atoms with Crippen LogP contribution in [0.5, 0.6) is 0 Å². The van der Waals surface area contributed by atoms with Gasteiger partial charge in [0.1, 0.15) is 5.82 Å². The van der Waals surface area contributed by atoms with Crippen molar-refractivity contribution in [2.75, 3.05) is 64.2 Å². The van der Waals surface area contributed by atoms with Crippen LogP contribution in [0, 0.1) is 5.41 Å². The van der Waals surface area contributed by atoms with Crippen molar-refractivity contribution in [3.05, 3.63) is 52.6 Å². The van der Waals surface area contributed by atoms with Gasteiger partial charge in [-0.1, -0.05) is 12.1 Å². The van der Waals surface area contributed by atoms with Crippen molar-refractivity contribution in [2.24, 2.45) is 11.1 Å². The summed E-state index contributed by atoms with van der Waals surface area (Å²) in [4.78, 5) is 47.7. The average Bonchev–Trinajstić information content (AvgIpc) is 3.56. The van der Waals surface area contributed by atoms with Crippen LogP contribution in [0.1, 0.15) is 32.3 Å². The van der Waals surface area contributed by atoms with E-state index in [-0.39, 0.29) is 30.2 Å². The number of nitrogens with zero attached hydrogens (tertiary/aromatic N) is 5. The predicted molar refractivity (Wildman–Crippen MR) is 157 cm³/mol. The van der Waals surface area contributed by atoms with E-state index >= 15 is 0 Å². The standard InChI is InChI=1S/C28H40N8O3.ClH/c1-27(2,29)24(37)34-15-17-35(18-16-34)25(38)31-23-8-13-36(26(39)32-23)22-5-3-21(4-6-22)7-12-33-14-10-28(20-33)9-11-30-19-28;/h3-6,8,13,30H,7,9-12,14-20,29H2,1-2H3,(H,31,32,38,39);1H. The van der Waals surface area contributed by atoms with E-state index in [4.69, 9.17) is 5.73 Å². The van der Waals surface area contributed by atoms with Gasteiger partial charge >= 0.3 is 11.7 Å². The minimum atomic E-state index is -0.942. The Kier molecular flexibility index (Phi) is 9.19. The molecule has 4 heterocycles. The van der Waals surface area contributed by atoms with Crippen LogP contribution >= 0.6 is 12.4 Å². The molecule has 0 radical (unpaired) electrons. The highest BCUT2D eigenvalue weighted by Gasteiger charge is 2.39. The molecule has 12 heteroatoms. The zero-order valence-corrected chi connectivity index (χ0v) is 24.2. The van der Waals surface area contributed by atoms with Crippen molar-refractivity contribution >= 4 is 30.2 Å². The summed E-state index contributed by atoms with van der Waals surface area (Å²) in [5.41, 5.74) is 6.96. The monoisotopic (exact) mass is 572 g/mol. The summed E-state index contributed by atoms with van der Waals surface area (Å²) in [6.45, 7) is 10.6. The number of rotatable bonds is 6. The molecule has 3 amide bonds. The molecule has 3 aliphatic heterocycles. The van der Waals surface area contributed by atoms with Crippen LogP contribution in [-0.4, -0.2) is 101 Å². The SMILES string of the molecule is CC(C)(N)C(=O)N1CCN(C(=O)Nc2ccn(-c3ccc(CCN4CCC5(CCNC5)C4)cc3)c(=O)n2)CC1.Cl. The fourth-order valence-corrected chi connectivity index (χ4v) is 5.85. The van der Waals surface area contributed by atoms with E-state index in [0.717, 1.165) is 31.7 Å². The number of anilines is 1. The Hall–Kier alpha value is -2.99. The zero-order valence-electron chi connectivity index (χ0n) is 23.4. The molecule has 1 spiro atoms. The Labute approximate surface area is 241 Å². The molecule has 40 heavy (non-hydrogen) atoms. The largest absolute Gasteiger partial charge is 0.354 e. The molecule has 1 aromatic carbocycles. The summed E-state index contributed by atoms with van der Waals surface area (Å²) in [5, 5.41) is 6.22. The van der Waals surface area contributed by atoms with Gasteiger partial charge < -0.3 is 25.8 Å². The molecule has 11 nitrogen and oxygen atoms in total. The van der Waals surface area contributed by atoms with E-state index in [2.05, 4.69) is 32.7 Å². The zero-order chi connectivity index (χ0) is 27.6. The minimum Gasteiger partial charge on any atom is -0.338 e. The molecular formula is C28H41ClN8O3. The summed E-state index contributed by atoms with van der Waals surface area (Å²) >= 11 is 0. The highest BCUT2D eigenvalue weighted by Crippen LogP contribution is 2.35. The van der Waals surface area contributed by atoms with Crippen molar-refractivity contribution in [3.8, 4) is 5.69 Å². The molecule has 1 unspecified atom stereocenters. The summed E-state index contributed by atoms with van der Waals surface area (Å²) in [7, 11) is 0. The van der Waals surface area contributed by atoms with Gasteiger partial charge in [0.15, 0.2) is 0 Å². The third-order valence-electron chi connectivity index (χ3n) is 8.22. The van der Waals surface area contributed by atoms with E-state index in [0.29, 0.717) is 31.6 Å². The number of piperazine rings is 1. The summed E-state index contributed by atoms with van der Waals surface area (Å²) in [5.74, 6) is 0.0581. The fourth-order valence-electron chi connectivity index (χ4n) is 5.85. The Morgan fingerprint density at radius 3 is 2.38 bits per heavy atom. The second-order valence-corrected chi connectivity index (χ2v) is 11.8. The van der Waals surface area contributed by atoms with Crippen molar-refractivity contribution in [2.45, 2.75) is 38.6 Å². The van der Waals surface area contributed by atoms with Crippen LogP contribution in [-0.2, 0) is 11.2 Å². The molecule has 3 aliphatic rings. The van der Waals surface area contributed by atoms with Gasteiger partial charge in [0.05, 0.1) is 11.2 Å². The van der Waals surface area contributed by atoms with Gasteiger partial charge in [0.2, 0.25) is 5.91 Å². The minimum absolute atomic E-state index is 0. The number of nitrogens with one attached hydrogen (secondary N) is 2. The molecule has 3 fully saturated rings. The Morgan fingerprint density at radius 1 is 1.05 bits per heavy atom. The topological polar surface area (TPSA) is 129 Å². The van der Waals surface area contributed by atoms with Crippen molar-refractivity contribution in [3.63, 3.8) is 0 Å². The maximum atomic E-state index is 12.7. The van der Waals surface area contributed by atoms with Gasteiger partial charge in [-0.05, 0) is 75.4 Å². The number of hydrogen-bond acceptors (Lipinski definition) is 7. The summed E-state index contributed by atoms with van der Waals surface area (Å²) in [6, 6.07) is 9.27. The normalized spacial score (nSPS) is 21.5. The first kappa shape index (κ1) is 30.0. The van der Waals surface area contributed by atoms with Crippen LogP contribution in [0.3, 0.4) is 0 Å². The lowest BCUT2D eigenvalue weighted by Crippen LogP contribution is -2.58. The van der Waals surface area contributed by atoms with Crippen molar-refractivity contribution in [1.29, 1.82) is 0 Å². The number of nitrogens with two attached hydrogens (primary N) is 1. The average molecular weight is 573 g/mol. The van der Waals surface area contributed by atoms with Crippen LogP contribution in [0.2, 0.25) is 0 Å². The van der Waals surface area contributed by atoms with Gasteiger partial charge in [0, 0.05) is 52.0 Å². The lowest BCUT2D eigenvalue weighted by molar-refractivity contribution is -0.137. The van der Waals surface area contributed by atoms with E-state index in [9.17, 15) is 14.4 Å². The third-order valence-corrected chi connectivity index (χ3v) is 8.22. The molecule has 0 bridgehead atoms. The number of halogens is 1. The second kappa shape index (κ2) is 12.3. The maximum absolute atomic E-state index is 12.7. The fraction of sp³-hybridized carbons (Fsp3) is 0.571. The van der Waals surface area contributed by atoms with Crippen LogP contribution in [0.15, 0.2) is 41.3 Å². The molecule has 3 saturated heterocycles. The summed E-state index contributed by atoms with van der Waals surface area (Å²) < 4.78 is 1.47. The highest BCUT2D eigenvalue weighted by atomic mass is 35.5. The van der Waals surface area contributed by atoms with E-state index in [1.54, 1.807) is 35.9 Å².